The average Bonchev–Trinajstić information content (AvgIpc) is 2.08. The third-order valence-electron chi connectivity index (χ3n) is 1.30. The maximum atomic E-state index is 3.11. The van der Waals surface area contributed by atoms with E-state index in [1.165, 1.54) is 5.30 Å². The van der Waals surface area contributed by atoms with Crippen molar-refractivity contribution in [3.8, 4) is 0 Å². The van der Waals surface area contributed by atoms with Crippen LogP contribution in [0.25, 0.3) is 0 Å². The molecule has 0 radical (unpaired) electrons. The lowest BCUT2D eigenvalue weighted by Crippen LogP contribution is -2.09. The van der Waals surface area contributed by atoms with Crippen LogP contribution < -0.4 is 10.6 Å². The van der Waals surface area contributed by atoms with Crippen LogP contribution in [-0.2, 0) is 0 Å². The highest BCUT2D eigenvalue weighted by Crippen LogP contribution is 1.86. The molecule has 0 aromatic heterocycles. The third-order valence-corrected chi connectivity index (χ3v) is 1.68. The van der Waals surface area contributed by atoms with E-state index in [4.69, 9.17) is 0 Å². The van der Waals surface area contributed by atoms with Crippen LogP contribution >= 0.6 is 9.24 Å². The van der Waals surface area contributed by atoms with Crippen molar-refractivity contribution in [1.82, 2.24) is 5.32 Å². The molecule has 1 rings (SSSR count). The van der Waals surface area contributed by atoms with E-state index in [1.807, 2.05) is 30.3 Å². The molecule has 1 N–H and O–H groups in total. The van der Waals surface area contributed by atoms with Crippen LogP contribution in [0, 0.1) is 0 Å². The van der Waals surface area contributed by atoms with E-state index < -0.39 is 0 Å². The standard InChI is InChI=1S/C6H7P.C4H11N/c7-6-4-2-1-3-5-6;1-3-5-4-2/h1-5H,7H2;5H,3-4H2,1-2H3. The van der Waals surface area contributed by atoms with Gasteiger partial charge < -0.3 is 5.32 Å². The zero-order valence-corrected chi connectivity index (χ0v) is 9.03. The zero-order valence-electron chi connectivity index (χ0n) is 7.88. The molecule has 12 heavy (non-hydrogen) atoms. The molecule has 0 saturated carbocycles. The van der Waals surface area contributed by atoms with Gasteiger partial charge >= 0.3 is 0 Å². The lowest BCUT2D eigenvalue weighted by molar-refractivity contribution is 0.762. The summed E-state index contributed by atoms with van der Waals surface area (Å²) in [5, 5.41) is 4.35. The van der Waals surface area contributed by atoms with Crippen LogP contribution in [0.1, 0.15) is 13.8 Å². The van der Waals surface area contributed by atoms with Gasteiger partial charge in [-0.1, -0.05) is 44.2 Å². The van der Waals surface area contributed by atoms with Crippen molar-refractivity contribution in [2.75, 3.05) is 13.1 Å². The third kappa shape index (κ3) is 7.71. The highest BCUT2D eigenvalue weighted by molar-refractivity contribution is 7.27. The fourth-order valence-electron chi connectivity index (χ4n) is 0.703. The molecule has 1 atom stereocenters. The molecule has 1 aromatic rings. The van der Waals surface area contributed by atoms with Crippen LogP contribution in [0.2, 0.25) is 0 Å². The SMILES string of the molecule is CCNCC.Pc1ccccc1. The minimum Gasteiger partial charge on any atom is -0.317 e. The zero-order chi connectivity index (χ0) is 9.23. The van der Waals surface area contributed by atoms with Gasteiger partial charge in [0.1, 0.15) is 0 Å². The second-order valence-electron chi connectivity index (χ2n) is 2.37. The Balaban J connectivity index is 0.000000217. The maximum Gasteiger partial charge on any atom is -0.00775 e. The van der Waals surface area contributed by atoms with Gasteiger partial charge in [0.05, 0.1) is 0 Å². The van der Waals surface area contributed by atoms with Gasteiger partial charge in [0.2, 0.25) is 0 Å². The molecule has 0 aliphatic carbocycles. The summed E-state index contributed by atoms with van der Waals surface area (Å²) >= 11 is 0. The first-order chi connectivity index (χ1) is 5.81. The second-order valence-corrected chi connectivity index (χ2v) is 3.03. The van der Waals surface area contributed by atoms with E-state index in [0.717, 1.165) is 13.1 Å². The second kappa shape index (κ2) is 8.70. The normalized spacial score (nSPS) is 8.58. The van der Waals surface area contributed by atoms with Gasteiger partial charge in [-0.15, -0.1) is 9.24 Å². The molecule has 0 fully saturated rings. The maximum absolute atomic E-state index is 3.11. The van der Waals surface area contributed by atoms with E-state index in [1.54, 1.807) is 0 Å². The van der Waals surface area contributed by atoms with Crippen molar-refractivity contribution in [3.63, 3.8) is 0 Å². The summed E-state index contributed by atoms with van der Waals surface area (Å²) in [4.78, 5) is 0. The molecular formula is C10H18NP. The Morgan fingerprint density at radius 1 is 1.08 bits per heavy atom. The Labute approximate surface area is 77.8 Å². The monoisotopic (exact) mass is 183 g/mol. The van der Waals surface area contributed by atoms with Crippen molar-refractivity contribution in [2.24, 2.45) is 0 Å². The van der Waals surface area contributed by atoms with E-state index in [2.05, 4.69) is 28.4 Å². The summed E-state index contributed by atoms with van der Waals surface area (Å²) in [7, 11) is 2.63. The first-order valence-corrected chi connectivity index (χ1v) is 4.90. The van der Waals surface area contributed by atoms with Crippen molar-refractivity contribution in [1.29, 1.82) is 0 Å². The van der Waals surface area contributed by atoms with Crippen molar-refractivity contribution < 1.29 is 0 Å². The Bertz CT molecular complexity index is 172. The molecule has 0 bridgehead atoms. The van der Waals surface area contributed by atoms with E-state index >= 15 is 0 Å². The van der Waals surface area contributed by atoms with Crippen LogP contribution in [0.5, 0.6) is 0 Å². The molecule has 0 aliphatic rings. The van der Waals surface area contributed by atoms with Gasteiger partial charge in [0.25, 0.3) is 0 Å². The van der Waals surface area contributed by atoms with Crippen molar-refractivity contribution in [2.45, 2.75) is 13.8 Å². The molecule has 68 valence electrons. The first kappa shape index (κ1) is 11.6. The smallest absolute Gasteiger partial charge is 0.00775 e. The van der Waals surface area contributed by atoms with Crippen molar-refractivity contribution in [3.05, 3.63) is 30.3 Å². The highest BCUT2D eigenvalue weighted by atomic mass is 31.0. The van der Waals surface area contributed by atoms with Gasteiger partial charge in [-0.25, -0.2) is 0 Å². The minimum atomic E-state index is 1.09. The quantitative estimate of drug-likeness (QED) is 0.689. The van der Waals surface area contributed by atoms with Crippen molar-refractivity contribution >= 4 is 14.5 Å². The summed E-state index contributed by atoms with van der Waals surface area (Å²) in [5.74, 6) is 0. The Morgan fingerprint density at radius 3 is 1.75 bits per heavy atom. The molecule has 1 nitrogen and oxygen atoms in total. The molecule has 0 aliphatic heterocycles. The molecular weight excluding hydrogens is 165 g/mol. The number of rotatable bonds is 2. The van der Waals surface area contributed by atoms with Gasteiger partial charge in [-0.05, 0) is 18.4 Å². The largest absolute Gasteiger partial charge is 0.317 e. The lowest BCUT2D eigenvalue weighted by atomic mass is 10.4. The van der Waals surface area contributed by atoms with Gasteiger partial charge in [-0.3, -0.25) is 0 Å². The number of nitrogens with one attached hydrogen (secondary N) is 1. The number of benzene rings is 1. The molecule has 1 unspecified atom stereocenters. The van der Waals surface area contributed by atoms with Gasteiger partial charge in [0, 0.05) is 0 Å². The van der Waals surface area contributed by atoms with E-state index in [-0.39, 0.29) is 0 Å². The topological polar surface area (TPSA) is 12.0 Å². The van der Waals surface area contributed by atoms with Gasteiger partial charge in [-0.2, -0.15) is 0 Å². The average molecular weight is 183 g/mol. The number of hydrogen-bond donors (Lipinski definition) is 1. The lowest BCUT2D eigenvalue weighted by Gasteiger charge is -1.86. The summed E-state index contributed by atoms with van der Waals surface area (Å²) in [6, 6.07) is 10.1. The Morgan fingerprint density at radius 2 is 1.58 bits per heavy atom. The molecule has 2 heteroatoms. The summed E-state index contributed by atoms with van der Waals surface area (Å²) in [6.07, 6.45) is 0. The molecule has 0 amide bonds. The predicted octanol–water partition coefficient (Wildman–Crippen LogP) is 1.80. The number of hydrogen-bond acceptors (Lipinski definition) is 1. The molecule has 1 aromatic carbocycles. The van der Waals surface area contributed by atoms with Crippen LogP contribution in [0.3, 0.4) is 0 Å². The molecule has 0 spiro atoms. The van der Waals surface area contributed by atoms with E-state index in [9.17, 15) is 0 Å². The minimum absolute atomic E-state index is 1.09. The predicted molar refractivity (Wildman–Crippen MR) is 60.0 cm³/mol. The molecule has 0 saturated heterocycles. The summed E-state index contributed by atoms with van der Waals surface area (Å²) in [6.45, 7) is 6.39. The Kier molecular flexibility index (Phi) is 8.42. The fourth-order valence-corrected chi connectivity index (χ4v) is 0.925. The van der Waals surface area contributed by atoms with Crippen LogP contribution in [0.15, 0.2) is 30.3 Å². The van der Waals surface area contributed by atoms with E-state index in [0.29, 0.717) is 0 Å². The van der Waals surface area contributed by atoms with Crippen LogP contribution in [0.4, 0.5) is 0 Å². The Hall–Kier alpha value is -0.390. The van der Waals surface area contributed by atoms with Gasteiger partial charge in [0.15, 0.2) is 0 Å². The van der Waals surface area contributed by atoms with Crippen LogP contribution in [-0.4, -0.2) is 13.1 Å². The first-order valence-electron chi connectivity index (χ1n) is 4.32. The highest BCUT2D eigenvalue weighted by Gasteiger charge is 1.72. The fraction of sp³-hybridized carbons (Fsp3) is 0.400. The summed E-state index contributed by atoms with van der Waals surface area (Å²) in [5.41, 5.74) is 0. The summed E-state index contributed by atoms with van der Waals surface area (Å²) < 4.78 is 0. The molecule has 0 heterocycles.